The van der Waals surface area contributed by atoms with Gasteiger partial charge in [-0.1, -0.05) is 13.8 Å². The molecule has 0 aromatic carbocycles. The summed E-state index contributed by atoms with van der Waals surface area (Å²) in [5.74, 6) is 3.54. The Morgan fingerprint density at radius 1 is 1.31 bits per heavy atom. The quantitative estimate of drug-likeness (QED) is 0.606. The predicted molar refractivity (Wildman–Crippen MR) is 62.4 cm³/mol. The second-order valence-corrected chi connectivity index (χ2v) is 5.55. The molecule has 1 aliphatic rings. The van der Waals surface area contributed by atoms with Crippen molar-refractivity contribution < 1.29 is 0 Å². The molecule has 0 radical (unpaired) electrons. The van der Waals surface area contributed by atoms with Gasteiger partial charge in [0.1, 0.15) is 0 Å². The molecule has 13 heavy (non-hydrogen) atoms. The molecule has 0 amide bonds. The number of thioether (sulfide) groups is 1. The summed E-state index contributed by atoms with van der Waals surface area (Å²) in [4.78, 5) is 0. The van der Waals surface area contributed by atoms with Crippen molar-refractivity contribution in [3.05, 3.63) is 0 Å². The molecule has 0 heterocycles. The second kappa shape index (κ2) is 6.72. The lowest BCUT2D eigenvalue weighted by atomic mass is 10.3. The van der Waals surface area contributed by atoms with Crippen molar-refractivity contribution in [2.75, 3.05) is 18.1 Å². The predicted octanol–water partition coefficient (Wildman–Crippen LogP) is 2.91. The lowest BCUT2D eigenvalue weighted by Gasteiger charge is -2.04. The van der Waals surface area contributed by atoms with Crippen LogP contribution >= 0.6 is 11.8 Å². The van der Waals surface area contributed by atoms with Crippen LogP contribution in [0.1, 0.15) is 39.5 Å². The Balaban J connectivity index is 1.68. The van der Waals surface area contributed by atoms with Crippen molar-refractivity contribution in [2.24, 2.45) is 5.92 Å². The maximum atomic E-state index is 3.55. The first-order chi connectivity index (χ1) is 6.29. The highest BCUT2D eigenvalue weighted by molar-refractivity contribution is 7.99. The molecule has 0 aliphatic heterocycles. The molecule has 0 unspecified atom stereocenters. The summed E-state index contributed by atoms with van der Waals surface area (Å²) in [5.41, 5.74) is 0. The van der Waals surface area contributed by atoms with Crippen LogP contribution in [0.15, 0.2) is 0 Å². The molecule has 1 saturated carbocycles. The molecule has 0 spiro atoms. The Kier molecular flexibility index (Phi) is 5.88. The van der Waals surface area contributed by atoms with Crippen molar-refractivity contribution in [3.8, 4) is 0 Å². The van der Waals surface area contributed by atoms with Crippen molar-refractivity contribution in [1.29, 1.82) is 0 Å². The van der Waals surface area contributed by atoms with Crippen molar-refractivity contribution >= 4 is 11.8 Å². The Morgan fingerprint density at radius 2 is 2.08 bits per heavy atom. The smallest absolute Gasteiger partial charge is 0.00682 e. The van der Waals surface area contributed by atoms with Crippen LogP contribution in [0.2, 0.25) is 0 Å². The normalized spacial score (nSPS) is 16.8. The van der Waals surface area contributed by atoms with E-state index in [1.54, 1.807) is 0 Å². The first kappa shape index (κ1) is 11.4. The molecule has 1 aliphatic carbocycles. The van der Waals surface area contributed by atoms with Gasteiger partial charge < -0.3 is 5.32 Å². The number of hydrogen-bond donors (Lipinski definition) is 1. The molecule has 0 aromatic rings. The lowest BCUT2D eigenvalue weighted by molar-refractivity contribution is 0.639. The van der Waals surface area contributed by atoms with Gasteiger partial charge in [-0.15, -0.1) is 0 Å². The minimum Gasteiger partial charge on any atom is -0.314 e. The molecule has 1 rings (SSSR count). The van der Waals surface area contributed by atoms with E-state index in [-0.39, 0.29) is 0 Å². The lowest BCUT2D eigenvalue weighted by Crippen LogP contribution is -2.17. The van der Waals surface area contributed by atoms with Crippen LogP contribution in [0.4, 0.5) is 0 Å². The summed E-state index contributed by atoms with van der Waals surface area (Å²) in [6.45, 7) is 5.83. The van der Waals surface area contributed by atoms with E-state index in [0.29, 0.717) is 0 Å². The van der Waals surface area contributed by atoms with Gasteiger partial charge in [-0.05, 0) is 49.7 Å². The van der Waals surface area contributed by atoms with Gasteiger partial charge >= 0.3 is 0 Å². The fourth-order valence-electron chi connectivity index (χ4n) is 1.24. The average molecular weight is 201 g/mol. The second-order valence-electron chi connectivity index (χ2n) is 4.40. The Morgan fingerprint density at radius 3 is 2.69 bits per heavy atom. The molecule has 0 atom stereocenters. The van der Waals surface area contributed by atoms with E-state index in [1.165, 1.54) is 43.7 Å². The third-order valence-electron chi connectivity index (χ3n) is 2.18. The fourth-order valence-corrected chi connectivity index (χ4v) is 2.29. The van der Waals surface area contributed by atoms with E-state index in [4.69, 9.17) is 0 Å². The maximum absolute atomic E-state index is 3.55. The van der Waals surface area contributed by atoms with Crippen LogP contribution in [-0.2, 0) is 0 Å². The molecule has 2 heteroatoms. The monoisotopic (exact) mass is 201 g/mol. The van der Waals surface area contributed by atoms with Gasteiger partial charge in [-0.25, -0.2) is 0 Å². The Bertz CT molecular complexity index is 115. The first-order valence-electron chi connectivity index (χ1n) is 5.60. The third-order valence-corrected chi connectivity index (χ3v) is 3.66. The Labute approximate surface area is 87.1 Å². The minimum absolute atomic E-state index is 0.856. The topological polar surface area (TPSA) is 12.0 Å². The summed E-state index contributed by atoms with van der Waals surface area (Å²) >= 11 is 2.11. The number of nitrogens with one attached hydrogen (secondary N) is 1. The van der Waals surface area contributed by atoms with Crippen LogP contribution < -0.4 is 5.32 Å². The van der Waals surface area contributed by atoms with Crippen LogP contribution in [-0.4, -0.2) is 24.1 Å². The molecule has 1 nitrogen and oxygen atoms in total. The zero-order valence-corrected chi connectivity index (χ0v) is 9.83. The van der Waals surface area contributed by atoms with Gasteiger partial charge in [0, 0.05) is 6.04 Å². The standard InChI is InChI=1S/C11H23NS/c1-10(2)9-13-8-4-3-7-12-11-5-6-11/h10-12H,3-9H2,1-2H3. The molecular formula is C11H23NS. The number of rotatable bonds is 8. The van der Waals surface area contributed by atoms with Crippen LogP contribution in [0.5, 0.6) is 0 Å². The van der Waals surface area contributed by atoms with Crippen molar-refractivity contribution in [1.82, 2.24) is 5.32 Å². The third kappa shape index (κ3) is 7.39. The van der Waals surface area contributed by atoms with Crippen LogP contribution in [0.25, 0.3) is 0 Å². The molecule has 0 aromatic heterocycles. The molecular weight excluding hydrogens is 178 g/mol. The maximum Gasteiger partial charge on any atom is 0.00682 e. The largest absolute Gasteiger partial charge is 0.314 e. The molecule has 0 bridgehead atoms. The zero-order chi connectivity index (χ0) is 9.52. The highest BCUT2D eigenvalue weighted by Gasteiger charge is 2.19. The minimum atomic E-state index is 0.856. The SMILES string of the molecule is CC(C)CSCCCCNC1CC1. The molecule has 1 fully saturated rings. The molecule has 78 valence electrons. The number of unbranched alkanes of at least 4 members (excludes halogenated alkanes) is 1. The van der Waals surface area contributed by atoms with E-state index in [9.17, 15) is 0 Å². The van der Waals surface area contributed by atoms with Gasteiger partial charge in [0.15, 0.2) is 0 Å². The highest BCUT2D eigenvalue weighted by Crippen LogP contribution is 2.18. The van der Waals surface area contributed by atoms with Crippen molar-refractivity contribution in [2.45, 2.75) is 45.6 Å². The Hall–Kier alpha value is 0.310. The fraction of sp³-hybridized carbons (Fsp3) is 1.00. The van der Waals surface area contributed by atoms with Gasteiger partial charge in [-0.3, -0.25) is 0 Å². The summed E-state index contributed by atoms with van der Waals surface area (Å²) in [6, 6.07) is 0.892. The summed E-state index contributed by atoms with van der Waals surface area (Å²) in [6.07, 6.45) is 5.59. The zero-order valence-electron chi connectivity index (χ0n) is 9.01. The van der Waals surface area contributed by atoms with Crippen LogP contribution in [0, 0.1) is 5.92 Å². The summed E-state index contributed by atoms with van der Waals surface area (Å²) in [5, 5.41) is 3.55. The summed E-state index contributed by atoms with van der Waals surface area (Å²) in [7, 11) is 0. The summed E-state index contributed by atoms with van der Waals surface area (Å²) < 4.78 is 0. The molecule has 1 N–H and O–H groups in total. The average Bonchev–Trinajstić information content (AvgIpc) is 2.86. The van der Waals surface area contributed by atoms with E-state index in [0.717, 1.165) is 12.0 Å². The van der Waals surface area contributed by atoms with Gasteiger partial charge in [0.25, 0.3) is 0 Å². The van der Waals surface area contributed by atoms with Gasteiger partial charge in [0.2, 0.25) is 0 Å². The van der Waals surface area contributed by atoms with Gasteiger partial charge in [-0.2, -0.15) is 11.8 Å². The van der Waals surface area contributed by atoms with E-state index in [1.807, 2.05) is 0 Å². The van der Waals surface area contributed by atoms with E-state index >= 15 is 0 Å². The van der Waals surface area contributed by atoms with E-state index < -0.39 is 0 Å². The molecule has 0 saturated heterocycles. The van der Waals surface area contributed by atoms with Crippen molar-refractivity contribution in [3.63, 3.8) is 0 Å². The highest BCUT2D eigenvalue weighted by atomic mass is 32.2. The van der Waals surface area contributed by atoms with E-state index in [2.05, 4.69) is 30.9 Å². The first-order valence-corrected chi connectivity index (χ1v) is 6.75. The van der Waals surface area contributed by atoms with Gasteiger partial charge in [0.05, 0.1) is 0 Å². The van der Waals surface area contributed by atoms with Crippen LogP contribution in [0.3, 0.4) is 0 Å². The number of hydrogen-bond acceptors (Lipinski definition) is 2.